The summed E-state index contributed by atoms with van der Waals surface area (Å²) >= 11 is 0. The molecule has 0 atom stereocenters. The highest BCUT2D eigenvalue weighted by Gasteiger charge is 2.25. The summed E-state index contributed by atoms with van der Waals surface area (Å²) in [6, 6.07) is 17.9. The van der Waals surface area contributed by atoms with Gasteiger partial charge in [-0.2, -0.15) is 0 Å². The van der Waals surface area contributed by atoms with E-state index in [0.29, 0.717) is 5.82 Å². The van der Waals surface area contributed by atoms with Gasteiger partial charge < -0.3 is 4.90 Å². The molecule has 1 aromatic heterocycles. The quantitative estimate of drug-likeness (QED) is 0.738. The second-order valence-corrected chi connectivity index (χ2v) is 6.38. The van der Waals surface area contributed by atoms with Gasteiger partial charge in [-0.05, 0) is 37.5 Å². The molecule has 1 aliphatic heterocycles. The maximum Gasteiger partial charge on any atom is 0.293 e. The fraction of sp³-hybridized carbons (Fsp3) is 0.250. The van der Waals surface area contributed by atoms with E-state index in [9.17, 15) is 4.79 Å². The normalized spacial score (nSPS) is 14.0. The Morgan fingerprint density at radius 1 is 1.00 bits per heavy atom. The third kappa shape index (κ3) is 3.05. The zero-order valence-electron chi connectivity index (χ0n) is 14.2. The van der Waals surface area contributed by atoms with E-state index in [2.05, 4.69) is 10.1 Å². The summed E-state index contributed by atoms with van der Waals surface area (Å²) in [6.07, 6.45) is 2.10. The van der Waals surface area contributed by atoms with E-state index in [-0.39, 0.29) is 11.7 Å². The van der Waals surface area contributed by atoms with Gasteiger partial charge in [-0.25, -0.2) is 9.67 Å². The summed E-state index contributed by atoms with van der Waals surface area (Å²) in [5.41, 5.74) is 2.99. The Morgan fingerprint density at radius 3 is 2.48 bits per heavy atom. The molecule has 1 amide bonds. The third-order valence-electron chi connectivity index (χ3n) is 4.47. The Hall–Kier alpha value is -2.95. The molecule has 0 aliphatic carbocycles. The first-order valence-corrected chi connectivity index (χ1v) is 8.61. The van der Waals surface area contributed by atoms with Gasteiger partial charge >= 0.3 is 0 Å². The Kier molecular flexibility index (Phi) is 4.06. The molecule has 0 saturated carbocycles. The van der Waals surface area contributed by atoms with Crippen molar-refractivity contribution in [3.05, 3.63) is 66.0 Å². The van der Waals surface area contributed by atoms with Gasteiger partial charge in [-0.3, -0.25) is 4.79 Å². The van der Waals surface area contributed by atoms with E-state index < -0.39 is 0 Å². The van der Waals surface area contributed by atoms with Crippen molar-refractivity contribution in [2.45, 2.75) is 19.8 Å². The Bertz CT molecular complexity index is 895. The smallest absolute Gasteiger partial charge is 0.293 e. The average molecular weight is 332 g/mol. The molecule has 2 heterocycles. The zero-order valence-corrected chi connectivity index (χ0v) is 14.2. The Balaban J connectivity index is 1.82. The first kappa shape index (κ1) is 15.6. The van der Waals surface area contributed by atoms with E-state index in [0.717, 1.165) is 42.7 Å². The fourth-order valence-corrected chi connectivity index (χ4v) is 3.18. The molecule has 25 heavy (non-hydrogen) atoms. The number of nitrogens with zero attached hydrogens (tertiary/aromatic N) is 4. The van der Waals surface area contributed by atoms with Crippen LogP contribution in [0.1, 0.15) is 29.0 Å². The standard InChI is InChI=1S/C20H20N4O/c1-15-8-7-11-17(14-15)24-19(16-9-3-2-4-10-16)21-18(22-24)20(25)23-12-5-6-13-23/h2-4,7-11,14H,5-6,12-13H2,1H3. The van der Waals surface area contributed by atoms with Crippen molar-refractivity contribution in [3.8, 4) is 17.1 Å². The maximum atomic E-state index is 12.7. The third-order valence-corrected chi connectivity index (χ3v) is 4.47. The molecule has 5 heteroatoms. The van der Waals surface area contributed by atoms with E-state index >= 15 is 0 Å². The van der Waals surface area contributed by atoms with Crippen LogP contribution in [0.25, 0.3) is 17.1 Å². The van der Waals surface area contributed by atoms with Crippen LogP contribution in [-0.2, 0) is 0 Å². The monoisotopic (exact) mass is 332 g/mol. The number of benzene rings is 2. The van der Waals surface area contributed by atoms with Crippen LogP contribution in [0.4, 0.5) is 0 Å². The van der Waals surface area contributed by atoms with E-state index in [1.54, 1.807) is 4.68 Å². The predicted octanol–water partition coefficient (Wildman–Crippen LogP) is 3.48. The molecular weight excluding hydrogens is 312 g/mol. The van der Waals surface area contributed by atoms with Crippen LogP contribution in [0, 0.1) is 6.92 Å². The minimum atomic E-state index is -0.0823. The molecule has 0 unspecified atom stereocenters. The van der Waals surface area contributed by atoms with Crippen LogP contribution in [0.3, 0.4) is 0 Å². The molecule has 1 saturated heterocycles. The summed E-state index contributed by atoms with van der Waals surface area (Å²) < 4.78 is 1.77. The minimum Gasteiger partial charge on any atom is -0.336 e. The van der Waals surface area contributed by atoms with Crippen molar-refractivity contribution in [2.24, 2.45) is 0 Å². The molecule has 1 fully saturated rings. The first-order chi connectivity index (χ1) is 12.2. The lowest BCUT2D eigenvalue weighted by molar-refractivity contribution is 0.0781. The number of aromatic nitrogens is 3. The van der Waals surface area contributed by atoms with Crippen LogP contribution < -0.4 is 0 Å². The molecule has 1 aliphatic rings. The molecule has 3 aromatic rings. The van der Waals surface area contributed by atoms with Crippen molar-refractivity contribution in [1.82, 2.24) is 19.7 Å². The van der Waals surface area contributed by atoms with Gasteiger partial charge in [0.1, 0.15) is 0 Å². The molecule has 0 radical (unpaired) electrons. The summed E-state index contributed by atoms with van der Waals surface area (Å²) in [5.74, 6) is 0.872. The molecule has 5 nitrogen and oxygen atoms in total. The highest BCUT2D eigenvalue weighted by molar-refractivity contribution is 5.91. The zero-order chi connectivity index (χ0) is 17.2. The summed E-state index contributed by atoms with van der Waals surface area (Å²) in [7, 11) is 0. The van der Waals surface area contributed by atoms with Gasteiger partial charge in [-0.15, -0.1) is 5.10 Å². The van der Waals surface area contributed by atoms with E-state index in [4.69, 9.17) is 0 Å². The number of amides is 1. The number of aryl methyl sites for hydroxylation is 1. The summed E-state index contributed by atoms with van der Waals surface area (Å²) in [6.45, 7) is 3.62. The number of hydrogen-bond acceptors (Lipinski definition) is 3. The minimum absolute atomic E-state index is 0.0823. The Morgan fingerprint density at radius 2 is 1.76 bits per heavy atom. The second kappa shape index (κ2) is 6.51. The summed E-state index contributed by atoms with van der Waals surface area (Å²) in [5, 5.41) is 4.56. The van der Waals surface area contributed by atoms with Crippen molar-refractivity contribution in [2.75, 3.05) is 13.1 Å². The van der Waals surface area contributed by atoms with Crippen molar-refractivity contribution in [3.63, 3.8) is 0 Å². The lowest BCUT2D eigenvalue weighted by Crippen LogP contribution is -2.28. The molecule has 126 valence electrons. The van der Waals surface area contributed by atoms with Crippen LogP contribution in [0.15, 0.2) is 54.6 Å². The van der Waals surface area contributed by atoms with Gasteiger partial charge in [-0.1, -0.05) is 42.5 Å². The topological polar surface area (TPSA) is 51.0 Å². The van der Waals surface area contributed by atoms with Crippen LogP contribution >= 0.6 is 0 Å². The SMILES string of the molecule is Cc1cccc(-n2nc(C(=O)N3CCCC3)nc2-c2ccccc2)c1. The maximum absolute atomic E-state index is 12.7. The molecule has 0 bridgehead atoms. The van der Waals surface area contributed by atoms with Crippen molar-refractivity contribution >= 4 is 5.91 Å². The number of carbonyl (C=O) groups excluding carboxylic acids is 1. The van der Waals surface area contributed by atoms with Gasteiger partial charge in [0.2, 0.25) is 5.82 Å². The largest absolute Gasteiger partial charge is 0.336 e. The lowest BCUT2D eigenvalue weighted by Gasteiger charge is -2.11. The van der Waals surface area contributed by atoms with Crippen LogP contribution in [0.2, 0.25) is 0 Å². The molecule has 4 rings (SSSR count). The predicted molar refractivity (Wildman–Crippen MR) is 96.7 cm³/mol. The molecule has 2 aromatic carbocycles. The highest BCUT2D eigenvalue weighted by atomic mass is 16.2. The van der Waals surface area contributed by atoms with Gasteiger partial charge in [0.05, 0.1) is 5.69 Å². The van der Waals surface area contributed by atoms with Crippen LogP contribution in [-0.4, -0.2) is 38.7 Å². The van der Waals surface area contributed by atoms with Crippen LogP contribution in [0.5, 0.6) is 0 Å². The van der Waals surface area contributed by atoms with Crippen molar-refractivity contribution in [1.29, 1.82) is 0 Å². The average Bonchev–Trinajstić information content (AvgIpc) is 3.32. The number of rotatable bonds is 3. The number of likely N-dealkylation sites (tertiary alicyclic amines) is 1. The van der Waals surface area contributed by atoms with Crippen molar-refractivity contribution < 1.29 is 4.79 Å². The highest BCUT2D eigenvalue weighted by Crippen LogP contribution is 2.22. The van der Waals surface area contributed by atoms with Gasteiger partial charge in [0, 0.05) is 18.7 Å². The lowest BCUT2D eigenvalue weighted by atomic mass is 10.2. The van der Waals surface area contributed by atoms with Gasteiger partial charge in [0.25, 0.3) is 5.91 Å². The second-order valence-electron chi connectivity index (χ2n) is 6.38. The fourth-order valence-electron chi connectivity index (χ4n) is 3.18. The first-order valence-electron chi connectivity index (χ1n) is 8.61. The van der Waals surface area contributed by atoms with E-state index in [1.165, 1.54) is 0 Å². The summed E-state index contributed by atoms with van der Waals surface area (Å²) in [4.78, 5) is 19.2. The van der Waals surface area contributed by atoms with E-state index in [1.807, 2.05) is 66.4 Å². The number of hydrogen-bond donors (Lipinski definition) is 0. The molecule has 0 N–H and O–H groups in total. The molecule has 0 spiro atoms. The number of carbonyl (C=O) groups is 1. The Labute approximate surface area is 146 Å². The molecular formula is C20H20N4O. The van der Waals surface area contributed by atoms with Gasteiger partial charge in [0.15, 0.2) is 5.82 Å².